The molecule has 0 aromatic rings. The quantitative estimate of drug-likeness (QED) is 0.150. The molecule has 0 saturated heterocycles. The number of carbonyl (C=O) groups excluding carboxylic acids is 2. The van der Waals surface area contributed by atoms with Gasteiger partial charge in [-0.25, -0.2) is 0 Å². The number of carbonyl (C=O) groups is 2. The second-order valence-corrected chi connectivity index (χ2v) is 5.62. The first kappa shape index (κ1) is 29.1. The summed E-state index contributed by atoms with van der Waals surface area (Å²) < 4.78 is 20.0. The third-order valence-corrected chi connectivity index (χ3v) is 3.74. The number of rotatable bonds is 14. The average molecular weight is 416 g/mol. The van der Waals surface area contributed by atoms with E-state index in [1.54, 1.807) is 0 Å². The Morgan fingerprint density at radius 1 is 0.750 bits per heavy atom. The molecule has 0 radical (unpaired) electrons. The fraction of sp³-hybridized carbons (Fsp3) is 0.875. The van der Waals surface area contributed by atoms with Crippen LogP contribution in [0, 0.1) is 0 Å². The zero-order chi connectivity index (χ0) is 22.3. The van der Waals surface area contributed by atoms with Crippen molar-refractivity contribution in [2.75, 3.05) is 41.7 Å². The zero-order valence-electron chi connectivity index (χ0n) is 16.3. The highest BCUT2D eigenvalue weighted by atomic mass is 16.6. The Kier molecular flexibility index (Phi) is 17.5. The van der Waals surface area contributed by atoms with Crippen molar-refractivity contribution < 1.29 is 59.2 Å². The molecule has 28 heavy (non-hydrogen) atoms. The minimum absolute atomic E-state index is 0.0258. The van der Waals surface area contributed by atoms with Gasteiger partial charge in [0.1, 0.15) is 48.8 Å². The van der Waals surface area contributed by atoms with Crippen LogP contribution in [0.3, 0.4) is 0 Å². The fourth-order valence-electron chi connectivity index (χ4n) is 2.12. The Hall–Kier alpha value is -1.06. The van der Waals surface area contributed by atoms with Crippen molar-refractivity contribution in [2.45, 2.75) is 48.8 Å². The lowest BCUT2D eigenvalue weighted by Crippen LogP contribution is -2.49. The first-order valence-corrected chi connectivity index (χ1v) is 8.19. The number of aldehydes is 2. The predicted octanol–water partition coefficient (Wildman–Crippen LogP) is -4.14. The molecular weight excluding hydrogens is 384 g/mol. The number of aliphatic hydroxyl groups is 6. The molecule has 0 heterocycles. The predicted molar refractivity (Wildman–Crippen MR) is 93.5 cm³/mol. The van der Waals surface area contributed by atoms with E-state index >= 15 is 0 Å². The van der Waals surface area contributed by atoms with E-state index in [9.17, 15) is 14.7 Å². The lowest BCUT2D eigenvalue weighted by molar-refractivity contribution is -0.156. The Bertz CT molecular complexity index is 396. The summed E-state index contributed by atoms with van der Waals surface area (Å²) in [6.45, 7) is -0.669. The minimum atomic E-state index is -1.79. The highest BCUT2D eigenvalue weighted by molar-refractivity contribution is 5.57. The van der Waals surface area contributed by atoms with E-state index in [2.05, 4.69) is 0 Å². The van der Waals surface area contributed by atoms with Crippen LogP contribution in [0.15, 0.2) is 0 Å². The van der Waals surface area contributed by atoms with Crippen molar-refractivity contribution in [3.8, 4) is 0 Å². The molecule has 0 aromatic carbocycles. The van der Waals surface area contributed by atoms with Gasteiger partial charge in [-0.15, -0.1) is 0 Å². The molecular formula is C16H32O12. The molecule has 6 N–H and O–H groups in total. The van der Waals surface area contributed by atoms with Gasteiger partial charge in [0, 0.05) is 28.4 Å². The van der Waals surface area contributed by atoms with Crippen LogP contribution in [0.2, 0.25) is 0 Å². The minimum Gasteiger partial charge on any atom is -0.394 e. The topological polar surface area (TPSA) is 192 Å². The summed E-state index contributed by atoms with van der Waals surface area (Å²) in [5.41, 5.74) is 0. The Balaban J connectivity index is 0. The largest absolute Gasteiger partial charge is 0.394 e. The van der Waals surface area contributed by atoms with Crippen LogP contribution in [0.1, 0.15) is 0 Å². The molecule has 0 aliphatic heterocycles. The van der Waals surface area contributed by atoms with Gasteiger partial charge in [0.15, 0.2) is 12.6 Å². The molecule has 0 saturated carbocycles. The number of methoxy groups -OCH3 is 4. The summed E-state index contributed by atoms with van der Waals surface area (Å²) in [6, 6.07) is 0. The van der Waals surface area contributed by atoms with Crippen molar-refractivity contribution in [1.82, 2.24) is 0 Å². The van der Waals surface area contributed by atoms with Crippen molar-refractivity contribution in [3.63, 3.8) is 0 Å². The van der Waals surface area contributed by atoms with Gasteiger partial charge in [0.2, 0.25) is 0 Å². The molecule has 0 spiro atoms. The second kappa shape index (κ2) is 16.9. The normalized spacial score (nSPS) is 19.8. The molecule has 12 heteroatoms. The molecule has 0 aliphatic carbocycles. The van der Waals surface area contributed by atoms with Crippen LogP contribution in [0.5, 0.6) is 0 Å². The number of hydrogen-bond acceptors (Lipinski definition) is 12. The Morgan fingerprint density at radius 2 is 1.29 bits per heavy atom. The summed E-state index contributed by atoms with van der Waals surface area (Å²) >= 11 is 0. The molecule has 12 nitrogen and oxygen atoms in total. The number of hydrogen-bond donors (Lipinski definition) is 6. The van der Waals surface area contributed by atoms with E-state index in [4.69, 9.17) is 44.5 Å². The number of aliphatic hydroxyl groups excluding tert-OH is 6. The maximum Gasteiger partial charge on any atom is 0.151 e. The van der Waals surface area contributed by atoms with Gasteiger partial charge in [-0.2, -0.15) is 0 Å². The second-order valence-electron chi connectivity index (χ2n) is 5.62. The zero-order valence-corrected chi connectivity index (χ0v) is 16.3. The van der Waals surface area contributed by atoms with E-state index in [-0.39, 0.29) is 12.9 Å². The molecule has 0 fully saturated rings. The first-order valence-electron chi connectivity index (χ1n) is 8.19. The van der Waals surface area contributed by atoms with E-state index in [1.165, 1.54) is 28.4 Å². The Labute approximate surface area is 163 Å². The summed E-state index contributed by atoms with van der Waals surface area (Å²) in [5.74, 6) is 0. The summed E-state index contributed by atoms with van der Waals surface area (Å²) in [7, 11) is 5.70. The van der Waals surface area contributed by atoms with Gasteiger partial charge < -0.3 is 59.2 Å². The average Bonchev–Trinajstić information content (AvgIpc) is 2.72. The molecule has 0 amide bonds. The van der Waals surface area contributed by atoms with Crippen LogP contribution in [0.4, 0.5) is 0 Å². The standard InChI is InChI=1S/C10H20O6.C6H12O6/c1-13-6-7(12)9(15-3)10(16-4)8(5-11)14-2;7-1-3(9)5(11)6(12)4(10)2-8/h5,7-10,12H,6H2,1-4H3;1,3-6,8-12H,2H2/t7-,8-,9-,10-;3-,4-,5-,6-/m11/s1. The van der Waals surface area contributed by atoms with E-state index < -0.39 is 55.4 Å². The molecule has 0 bridgehead atoms. The van der Waals surface area contributed by atoms with E-state index in [0.717, 1.165) is 0 Å². The van der Waals surface area contributed by atoms with Crippen molar-refractivity contribution >= 4 is 12.6 Å². The van der Waals surface area contributed by atoms with Crippen molar-refractivity contribution in [3.05, 3.63) is 0 Å². The summed E-state index contributed by atoms with van der Waals surface area (Å²) in [5, 5.41) is 53.3. The van der Waals surface area contributed by atoms with Gasteiger partial charge in [0.05, 0.1) is 13.2 Å². The highest BCUT2D eigenvalue weighted by Crippen LogP contribution is 2.13. The molecule has 0 unspecified atom stereocenters. The van der Waals surface area contributed by atoms with E-state index in [1.807, 2.05) is 0 Å². The van der Waals surface area contributed by atoms with Crippen LogP contribution in [0.25, 0.3) is 0 Å². The van der Waals surface area contributed by atoms with Crippen LogP contribution in [-0.2, 0) is 28.5 Å². The number of ether oxygens (including phenoxy) is 4. The van der Waals surface area contributed by atoms with Gasteiger partial charge in [-0.1, -0.05) is 0 Å². The van der Waals surface area contributed by atoms with Gasteiger partial charge in [0.25, 0.3) is 0 Å². The molecule has 0 rings (SSSR count). The van der Waals surface area contributed by atoms with Gasteiger partial charge in [-0.3, -0.25) is 0 Å². The molecule has 168 valence electrons. The monoisotopic (exact) mass is 416 g/mol. The Morgan fingerprint density at radius 3 is 1.61 bits per heavy atom. The van der Waals surface area contributed by atoms with Crippen LogP contribution < -0.4 is 0 Å². The highest BCUT2D eigenvalue weighted by Gasteiger charge is 2.34. The fourth-order valence-corrected chi connectivity index (χ4v) is 2.12. The maximum absolute atomic E-state index is 10.8. The molecule has 0 aliphatic rings. The molecule has 8 atom stereocenters. The lowest BCUT2D eigenvalue weighted by Gasteiger charge is -2.31. The first-order chi connectivity index (χ1) is 13.2. The van der Waals surface area contributed by atoms with Crippen LogP contribution in [-0.4, -0.2) is 134 Å². The van der Waals surface area contributed by atoms with Gasteiger partial charge in [-0.05, 0) is 0 Å². The van der Waals surface area contributed by atoms with Crippen molar-refractivity contribution in [1.29, 1.82) is 0 Å². The third kappa shape index (κ3) is 9.93. The van der Waals surface area contributed by atoms with Crippen LogP contribution >= 0.6 is 0 Å². The molecule has 0 aromatic heterocycles. The third-order valence-electron chi connectivity index (χ3n) is 3.74. The lowest BCUT2D eigenvalue weighted by atomic mass is 10.0. The van der Waals surface area contributed by atoms with Gasteiger partial charge >= 0.3 is 0 Å². The smallest absolute Gasteiger partial charge is 0.151 e. The summed E-state index contributed by atoms with van der Waals surface area (Å²) in [4.78, 5) is 20.7. The van der Waals surface area contributed by atoms with E-state index in [0.29, 0.717) is 6.29 Å². The van der Waals surface area contributed by atoms with Crippen molar-refractivity contribution in [2.24, 2.45) is 0 Å². The summed E-state index contributed by atoms with van der Waals surface area (Å²) in [6.07, 6.45) is -9.29. The maximum atomic E-state index is 10.8. The SMILES string of the molecule is COC[C@@H](O)[C@@H](OC)[C@H](OC)[C@@H](C=O)OC.O=C[C@@H](O)[C@@H](O)[C@H](O)[C@H](O)CO.